The Morgan fingerprint density at radius 1 is 1.08 bits per heavy atom. The molecule has 3 heterocycles. The first-order valence-electron chi connectivity index (χ1n) is 12.9. The second-order valence-electron chi connectivity index (χ2n) is 9.63. The Morgan fingerprint density at radius 2 is 1.85 bits per heavy atom. The summed E-state index contributed by atoms with van der Waals surface area (Å²) in [5.41, 5.74) is 0.464. The lowest BCUT2D eigenvalue weighted by Crippen LogP contribution is -2.39. The zero-order valence-electron chi connectivity index (χ0n) is 21.1. The van der Waals surface area contributed by atoms with Gasteiger partial charge >= 0.3 is 5.69 Å². The summed E-state index contributed by atoms with van der Waals surface area (Å²) in [6, 6.07) is 14.2. The number of benzene rings is 1. The number of ether oxygens (including phenoxy) is 1. The topological polar surface area (TPSA) is 91.0 Å². The van der Waals surface area contributed by atoms with Gasteiger partial charge in [0.05, 0.1) is 22.6 Å². The normalized spacial score (nSPS) is 17.4. The van der Waals surface area contributed by atoms with E-state index in [4.69, 9.17) is 16.3 Å². The lowest BCUT2D eigenvalue weighted by Gasteiger charge is -2.29. The molecular weight excluding hydrogens is 528 g/mol. The number of rotatable bonds is 9. The van der Waals surface area contributed by atoms with Gasteiger partial charge in [-0.25, -0.2) is 18.6 Å². The molecule has 11 heteroatoms. The smallest absolute Gasteiger partial charge is 0.330 e. The van der Waals surface area contributed by atoms with E-state index in [1.807, 2.05) is 42.5 Å². The summed E-state index contributed by atoms with van der Waals surface area (Å²) in [7, 11) is 0. The van der Waals surface area contributed by atoms with Crippen molar-refractivity contribution in [2.75, 3.05) is 6.61 Å². The minimum absolute atomic E-state index is 0.124. The van der Waals surface area contributed by atoms with Gasteiger partial charge in [-0.2, -0.15) is 0 Å². The van der Waals surface area contributed by atoms with Crippen molar-refractivity contribution < 1.29 is 18.3 Å². The van der Waals surface area contributed by atoms with Crippen molar-refractivity contribution in [2.24, 2.45) is 5.92 Å². The first kappa shape index (κ1) is 26.8. The van der Waals surface area contributed by atoms with Crippen LogP contribution in [0.4, 0.5) is 8.78 Å². The van der Waals surface area contributed by atoms with E-state index in [0.29, 0.717) is 38.2 Å². The van der Waals surface area contributed by atoms with Gasteiger partial charge in [0.1, 0.15) is 18.1 Å². The van der Waals surface area contributed by atoms with Crippen LogP contribution in [0, 0.1) is 5.92 Å². The van der Waals surface area contributed by atoms with Gasteiger partial charge in [-0.1, -0.05) is 29.8 Å². The fraction of sp³-hybridized carbons (Fsp3) is 0.357. The summed E-state index contributed by atoms with van der Waals surface area (Å²) in [6.07, 6.45) is 2.79. The van der Waals surface area contributed by atoms with E-state index < -0.39 is 18.0 Å². The summed E-state index contributed by atoms with van der Waals surface area (Å²) in [5.74, 6) is 0.357. The molecule has 4 aromatic rings. The molecule has 1 fully saturated rings. The van der Waals surface area contributed by atoms with Crippen molar-refractivity contribution >= 4 is 28.7 Å². The molecule has 8 nitrogen and oxygen atoms in total. The number of para-hydroxylation sites is 1. The molecular formula is C28H28ClF2N5O3. The van der Waals surface area contributed by atoms with E-state index in [2.05, 4.69) is 15.3 Å². The van der Waals surface area contributed by atoms with Crippen molar-refractivity contribution in [1.82, 2.24) is 24.4 Å². The van der Waals surface area contributed by atoms with Gasteiger partial charge in [-0.15, -0.1) is 0 Å². The number of fused-ring (bicyclic) bond motifs is 1. The Balaban J connectivity index is 1.22. The number of alkyl halides is 2. The van der Waals surface area contributed by atoms with Crippen LogP contribution in [0.3, 0.4) is 0 Å². The zero-order valence-corrected chi connectivity index (χ0v) is 21.9. The van der Waals surface area contributed by atoms with Crippen LogP contribution >= 0.6 is 11.6 Å². The van der Waals surface area contributed by atoms with Crippen LogP contribution in [-0.4, -0.2) is 37.7 Å². The molecule has 0 saturated heterocycles. The van der Waals surface area contributed by atoms with E-state index in [9.17, 15) is 18.4 Å². The van der Waals surface area contributed by atoms with Gasteiger partial charge in [-0.05, 0) is 61.9 Å². The Kier molecular flexibility index (Phi) is 8.21. The number of nitrogens with zero attached hydrogens (tertiary/aromatic N) is 4. The third-order valence-corrected chi connectivity index (χ3v) is 7.27. The van der Waals surface area contributed by atoms with Crippen molar-refractivity contribution in [2.45, 2.75) is 51.2 Å². The molecule has 0 atom stereocenters. The van der Waals surface area contributed by atoms with Crippen LogP contribution in [0.15, 0.2) is 65.7 Å². The van der Waals surface area contributed by atoms with E-state index in [1.54, 1.807) is 15.3 Å². The molecule has 39 heavy (non-hydrogen) atoms. The standard InChI is InChI=1S/C28H28ClF2N5O3/c29-19-15-22(24(25(30)31)33-16-19)27(37)34-20-10-8-18(9-11-20)17-36-23-7-4-12-32-26(23)35(28(36)38)13-14-39-21-5-2-1-3-6-21/h1-7,12,15-16,18,20,25H,8-11,13-14,17H2,(H,34,37). The molecule has 0 unspecified atom stereocenters. The second kappa shape index (κ2) is 11.9. The van der Waals surface area contributed by atoms with Gasteiger partial charge in [-0.3, -0.25) is 18.9 Å². The summed E-state index contributed by atoms with van der Waals surface area (Å²) >= 11 is 5.89. The lowest BCUT2D eigenvalue weighted by molar-refractivity contribution is 0.0904. The minimum Gasteiger partial charge on any atom is -0.492 e. The average Bonchev–Trinajstić information content (AvgIpc) is 3.20. The van der Waals surface area contributed by atoms with E-state index in [1.165, 1.54) is 6.07 Å². The largest absolute Gasteiger partial charge is 0.492 e. The third kappa shape index (κ3) is 6.11. The van der Waals surface area contributed by atoms with Crippen LogP contribution < -0.4 is 15.7 Å². The Bertz CT molecular complexity index is 1500. The molecule has 5 rings (SSSR count). The summed E-state index contributed by atoms with van der Waals surface area (Å²) in [4.78, 5) is 34.2. The van der Waals surface area contributed by atoms with Crippen molar-refractivity contribution in [1.29, 1.82) is 0 Å². The number of pyridine rings is 2. The van der Waals surface area contributed by atoms with E-state index in [0.717, 1.165) is 30.3 Å². The Morgan fingerprint density at radius 3 is 2.59 bits per heavy atom. The van der Waals surface area contributed by atoms with Gasteiger partial charge in [0.15, 0.2) is 5.65 Å². The summed E-state index contributed by atoms with van der Waals surface area (Å²) < 4.78 is 35.8. The molecule has 0 spiro atoms. The molecule has 0 radical (unpaired) electrons. The first-order valence-corrected chi connectivity index (χ1v) is 13.2. The molecule has 1 saturated carbocycles. The fourth-order valence-electron chi connectivity index (χ4n) is 5.11. The quantitative estimate of drug-likeness (QED) is 0.304. The highest BCUT2D eigenvalue weighted by molar-refractivity contribution is 6.30. The Hall–Kier alpha value is -3.79. The van der Waals surface area contributed by atoms with Crippen molar-refractivity contribution in [3.8, 4) is 5.75 Å². The van der Waals surface area contributed by atoms with Crippen LogP contribution in [0.25, 0.3) is 11.2 Å². The van der Waals surface area contributed by atoms with Gasteiger partial charge in [0.2, 0.25) is 0 Å². The predicted molar refractivity (Wildman–Crippen MR) is 143 cm³/mol. The van der Waals surface area contributed by atoms with Crippen LogP contribution in [0.2, 0.25) is 5.02 Å². The highest BCUT2D eigenvalue weighted by Crippen LogP contribution is 2.28. The number of hydrogen-bond donors (Lipinski definition) is 1. The third-order valence-electron chi connectivity index (χ3n) is 7.06. The maximum Gasteiger partial charge on any atom is 0.330 e. The van der Waals surface area contributed by atoms with Gasteiger partial charge in [0.25, 0.3) is 12.3 Å². The SMILES string of the molecule is O=C(NC1CCC(Cn2c(=O)n(CCOc3ccccc3)c3ncccc32)CC1)c1cc(Cl)cnc1C(F)F. The van der Waals surface area contributed by atoms with E-state index in [-0.39, 0.29) is 28.2 Å². The second-order valence-corrected chi connectivity index (χ2v) is 10.1. The fourth-order valence-corrected chi connectivity index (χ4v) is 5.27. The number of imidazole rings is 1. The number of hydrogen-bond acceptors (Lipinski definition) is 5. The van der Waals surface area contributed by atoms with Crippen LogP contribution in [0.5, 0.6) is 5.75 Å². The molecule has 1 amide bonds. The monoisotopic (exact) mass is 555 g/mol. The van der Waals surface area contributed by atoms with Crippen molar-refractivity contribution in [3.05, 3.63) is 87.7 Å². The van der Waals surface area contributed by atoms with Gasteiger partial charge in [0, 0.05) is 25.0 Å². The highest BCUT2D eigenvalue weighted by atomic mass is 35.5. The maximum atomic E-state index is 13.4. The molecule has 0 bridgehead atoms. The zero-order chi connectivity index (χ0) is 27.4. The number of aromatic nitrogens is 4. The first-order chi connectivity index (χ1) is 18.9. The average molecular weight is 556 g/mol. The highest BCUT2D eigenvalue weighted by Gasteiger charge is 2.27. The van der Waals surface area contributed by atoms with E-state index >= 15 is 0 Å². The molecule has 0 aliphatic heterocycles. The summed E-state index contributed by atoms with van der Waals surface area (Å²) in [6.45, 7) is 1.23. The molecule has 204 valence electrons. The number of nitrogens with one attached hydrogen (secondary N) is 1. The minimum atomic E-state index is -2.88. The Labute approximate surface area is 228 Å². The molecule has 1 aromatic carbocycles. The number of carbonyl (C=O) groups excluding carboxylic acids is 1. The van der Waals surface area contributed by atoms with Crippen LogP contribution in [0.1, 0.15) is 48.2 Å². The number of amides is 1. The van der Waals surface area contributed by atoms with Gasteiger partial charge < -0.3 is 10.1 Å². The molecule has 1 N–H and O–H groups in total. The molecule has 1 aliphatic rings. The molecule has 1 aliphatic carbocycles. The lowest BCUT2D eigenvalue weighted by atomic mass is 9.85. The van der Waals surface area contributed by atoms with Crippen molar-refractivity contribution in [3.63, 3.8) is 0 Å². The number of carbonyl (C=O) groups is 1. The van der Waals surface area contributed by atoms with Crippen LogP contribution in [-0.2, 0) is 13.1 Å². The molecule has 3 aromatic heterocycles. The predicted octanol–water partition coefficient (Wildman–Crippen LogP) is 5.25. The maximum absolute atomic E-state index is 13.4. The number of halogens is 3. The summed E-state index contributed by atoms with van der Waals surface area (Å²) in [5, 5.41) is 2.98.